The van der Waals surface area contributed by atoms with Crippen LogP contribution in [0, 0.1) is 40.9 Å². The molecule has 0 aromatic carbocycles. The second kappa shape index (κ2) is 5.38. The molecule has 7 heteroatoms. The standard InChI is InChI=1S/C12H9BrN4S2/c1-5-8(13)2-9(18-5)10-6(3-14)11(16)19-12(17)7(10)4-15/h2,6,10,16H,17H2,1H3/t6-,10-/m1/s1. The average molecular weight is 353 g/mol. The molecule has 0 bridgehead atoms. The third-order valence-corrected chi connectivity index (χ3v) is 5.99. The van der Waals surface area contributed by atoms with Gasteiger partial charge >= 0.3 is 0 Å². The number of thioether (sulfide) groups is 1. The molecule has 0 radical (unpaired) electrons. The highest BCUT2D eigenvalue weighted by Gasteiger charge is 2.38. The summed E-state index contributed by atoms with van der Waals surface area (Å²) >= 11 is 5.96. The number of thiophene rings is 1. The molecular weight excluding hydrogens is 344 g/mol. The summed E-state index contributed by atoms with van der Waals surface area (Å²) in [5.74, 6) is -1.07. The molecule has 0 aliphatic carbocycles. The van der Waals surface area contributed by atoms with E-state index in [1.54, 1.807) is 0 Å². The zero-order valence-corrected chi connectivity index (χ0v) is 13.1. The fourth-order valence-electron chi connectivity index (χ4n) is 1.91. The van der Waals surface area contributed by atoms with Crippen molar-refractivity contribution in [2.45, 2.75) is 12.8 Å². The maximum atomic E-state index is 9.28. The van der Waals surface area contributed by atoms with E-state index in [-0.39, 0.29) is 5.04 Å². The van der Waals surface area contributed by atoms with Gasteiger partial charge in [0.1, 0.15) is 5.92 Å². The second-order valence-electron chi connectivity index (χ2n) is 3.99. The van der Waals surface area contributed by atoms with Crippen LogP contribution < -0.4 is 5.73 Å². The van der Waals surface area contributed by atoms with Gasteiger partial charge in [-0.25, -0.2) is 0 Å². The van der Waals surface area contributed by atoms with Gasteiger partial charge in [-0.2, -0.15) is 10.5 Å². The van der Waals surface area contributed by atoms with Gasteiger partial charge in [0.25, 0.3) is 0 Å². The summed E-state index contributed by atoms with van der Waals surface area (Å²) in [6.45, 7) is 1.96. The van der Waals surface area contributed by atoms with Crippen molar-refractivity contribution >= 4 is 44.1 Å². The predicted molar refractivity (Wildman–Crippen MR) is 80.7 cm³/mol. The lowest BCUT2D eigenvalue weighted by Gasteiger charge is -2.26. The van der Waals surface area contributed by atoms with Crippen molar-refractivity contribution in [2.24, 2.45) is 11.7 Å². The summed E-state index contributed by atoms with van der Waals surface area (Å²) in [4.78, 5) is 1.97. The summed E-state index contributed by atoms with van der Waals surface area (Å²) in [5.41, 5.74) is 6.22. The van der Waals surface area contributed by atoms with Gasteiger partial charge in [0.2, 0.25) is 0 Å². The number of hydrogen-bond acceptors (Lipinski definition) is 6. The van der Waals surface area contributed by atoms with Crippen molar-refractivity contribution < 1.29 is 0 Å². The fraction of sp³-hybridized carbons (Fsp3) is 0.250. The lowest BCUT2D eigenvalue weighted by Crippen LogP contribution is -2.26. The predicted octanol–water partition coefficient (Wildman–Crippen LogP) is 3.46. The highest BCUT2D eigenvalue weighted by atomic mass is 79.9. The third kappa shape index (κ3) is 2.42. The van der Waals surface area contributed by atoms with Crippen molar-refractivity contribution in [2.75, 3.05) is 0 Å². The molecule has 2 rings (SSSR count). The van der Waals surface area contributed by atoms with Crippen molar-refractivity contribution in [3.05, 3.63) is 30.9 Å². The Morgan fingerprint density at radius 2 is 2.16 bits per heavy atom. The van der Waals surface area contributed by atoms with E-state index in [4.69, 9.17) is 11.1 Å². The number of nitriles is 2. The molecular formula is C12H9BrN4S2. The van der Waals surface area contributed by atoms with Gasteiger partial charge in [-0.15, -0.1) is 11.3 Å². The lowest BCUT2D eigenvalue weighted by atomic mass is 9.86. The topological polar surface area (TPSA) is 97.4 Å². The maximum Gasteiger partial charge on any atom is 0.107 e. The molecule has 2 atom stereocenters. The Kier molecular flexibility index (Phi) is 4.00. The van der Waals surface area contributed by atoms with E-state index in [0.717, 1.165) is 26.0 Å². The van der Waals surface area contributed by atoms with Gasteiger partial charge in [0, 0.05) is 14.2 Å². The van der Waals surface area contributed by atoms with Crippen LogP contribution >= 0.6 is 39.0 Å². The number of aryl methyl sites for hydroxylation is 1. The molecule has 1 aliphatic rings. The first-order valence-corrected chi connectivity index (χ1v) is 7.73. The monoisotopic (exact) mass is 352 g/mol. The van der Waals surface area contributed by atoms with Crippen molar-refractivity contribution in [3.63, 3.8) is 0 Å². The average Bonchev–Trinajstić information content (AvgIpc) is 2.68. The number of halogens is 1. The first kappa shape index (κ1) is 14.1. The smallest absolute Gasteiger partial charge is 0.107 e. The number of nitrogens with two attached hydrogens (primary N) is 1. The molecule has 0 spiro atoms. The van der Waals surface area contributed by atoms with Crippen LogP contribution in [0.5, 0.6) is 0 Å². The van der Waals surface area contributed by atoms with Gasteiger partial charge < -0.3 is 5.73 Å². The SMILES string of the molecule is Cc1sc([C@H]2C(C#N)=C(N)SC(=N)[C@@H]2C#N)cc1Br. The molecule has 96 valence electrons. The highest BCUT2D eigenvalue weighted by molar-refractivity contribution is 9.10. The summed E-state index contributed by atoms with van der Waals surface area (Å²) < 4.78 is 0.949. The van der Waals surface area contributed by atoms with Crippen molar-refractivity contribution in [3.8, 4) is 12.1 Å². The van der Waals surface area contributed by atoms with Crippen LogP contribution in [-0.2, 0) is 0 Å². The maximum absolute atomic E-state index is 9.28. The number of hydrogen-bond donors (Lipinski definition) is 2. The Bertz CT molecular complexity index is 643. The van der Waals surface area contributed by atoms with Crippen LogP contribution in [0.15, 0.2) is 21.1 Å². The van der Waals surface area contributed by atoms with Crippen molar-refractivity contribution in [1.29, 1.82) is 15.9 Å². The molecule has 0 fully saturated rings. The van der Waals surface area contributed by atoms with Crippen molar-refractivity contribution in [1.82, 2.24) is 0 Å². The van der Waals surface area contributed by atoms with E-state index in [1.807, 2.05) is 13.0 Å². The number of allylic oxidation sites excluding steroid dienone is 1. The van der Waals surface area contributed by atoms with Crippen LogP contribution in [-0.4, -0.2) is 5.04 Å². The molecule has 0 unspecified atom stereocenters. The zero-order chi connectivity index (χ0) is 14.2. The third-order valence-electron chi connectivity index (χ3n) is 2.85. The van der Waals surface area contributed by atoms with Gasteiger partial charge in [-0.1, -0.05) is 11.8 Å². The minimum Gasteiger partial charge on any atom is -0.392 e. The first-order chi connectivity index (χ1) is 8.99. The molecule has 0 amide bonds. The normalized spacial score (nSPS) is 23.1. The number of nitrogens with zero attached hydrogens (tertiary/aromatic N) is 2. The Hall–Kier alpha value is -1.28. The fourth-order valence-corrected chi connectivity index (χ4v) is 4.45. The summed E-state index contributed by atoms with van der Waals surface area (Å²) in [6, 6.07) is 6.12. The largest absolute Gasteiger partial charge is 0.392 e. The minimum atomic E-state index is -0.642. The van der Waals surface area contributed by atoms with Crippen LogP contribution in [0.2, 0.25) is 0 Å². The number of nitrogens with one attached hydrogen (secondary N) is 1. The molecule has 19 heavy (non-hydrogen) atoms. The molecule has 0 saturated carbocycles. The van der Waals surface area contributed by atoms with E-state index in [9.17, 15) is 10.5 Å². The van der Waals surface area contributed by atoms with Gasteiger partial charge in [-0.05, 0) is 28.9 Å². The van der Waals surface area contributed by atoms with Crippen LogP contribution in [0.1, 0.15) is 15.7 Å². The minimum absolute atomic E-state index is 0.200. The Balaban J connectivity index is 2.61. The molecule has 1 aromatic rings. The molecule has 3 N–H and O–H groups in total. The Morgan fingerprint density at radius 1 is 1.47 bits per heavy atom. The van der Waals surface area contributed by atoms with Crippen LogP contribution in [0.25, 0.3) is 0 Å². The zero-order valence-electron chi connectivity index (χ0n) is 9.90. The Morgan fingerprint density at radius 3 is 2.63 bits per heavy atom. The summed E-state index contributed by atoms with van der Waals surface area (Å²) in [6.07, 6.45) is 0. The van der Waals surface area contributed by atoms with E-state index in [0.29, 0.717) is 10.6 Å². The van der Waals surface area contributed by atoms with Crippen LogP contribution in [0.4, 0.5) is 0 Å². The molecule has 2 heterocycles. The van der Waals surface area contributed by atoms with Gasteiger partial charge in [0.05, 0.1) is 33.7 Å². The highest BCUT2D eigenvalue weighted by Crippen LogP contribution is 2.45. The second-order valence-corrected chi connectivity index (χ2v) is 7.22. The first-order valence-electron chi connectivity index (χ1n) is 5.31. The van der Waals surface area contributed by atoms with Crippen LogP contribution in [0.3, 0.4) is 0 Å². The summed E-state index contributed by atoms with van der Waals surface area (Å²) in [5, 5.41) is 27.0. The Labute approximate surface area is 127 Å². The lowest BCUT2D eigenvalue weighted by molar-refractivity contribution is 0.742. The molecule has 1 aromatic heterocycles. The van der Waals surface area contributed by atoms with E-state index >= 15 is 0 Å². The molecule has 0 saturated heterocycles. The number of rotatable bonds is 1. The van der Waals surface area contributed by atoms with E-state index < -0.39 is 11.8 Å². The molecule has 4 nitrogen and oxygen atoms in total. The quantitative estimate of drug-likeness (QED) is 0.808. The van der Waals surface area contributed by atoms with E-state index in [2.05, 4.69) is 28.1 Å². The van der Waals surface area contributed by atoms with Gasteiger partial charge in [0.15, 0.2) is 0 Å². The van der Waals surface area contributed by atoms with Gasteiger partial charge in [-0.3, -0.25) is 5.41 Å². The molecule has 1 aliphatic heterocycles. The summed E-state index contributed by atoms with van der Waals surface area (Å²) in [7, 11) is 0. The van der Waals surface area contributed by atoms with E-state index in [1.165, 1.54) is 11.3 Å².